The first-order valence-corrected chi connectivity index (χ1v) is 6.86. The van der Waals surface area contributed by atoms with Crippen LogP contribution < -0.4 is 16.6 Å². The molecule has 2 aromatic rings. The number of nitrogen functional groups attached to an aromatic ring is 1. The Morgan fingerprint density at radius 2 is 1.67 bits per heavy atom. The first kappa shape index (κ1) is 15.2. The summed E-state index contributed by atoms with van der Waals surface area (Å²) in [6, 6.07) is 6.40. The summed E-state index contributed by atoms with van der Waals surface area (Å²) in [5.74, 6) is 6.80. The maximum Gasteiger partial charge on any atom is 0.148 e. The lowest BCUT2D eigenvalue weighted by Crippen LogP contribution is -2.16. The average molecular weight is 289 g/mol. The number of hydrogen-bond acceptors (Lipinski definition) is 5. The van der Waals surface area contributed by atoms with Gasteiger partial charge in [-0.05, 0) is 30.5 Å². The average Bonchev–Trinajstić information content (AvgIpc) is 2.47. The minimum Gasteiger partial charge on any atom is -0.363 e. The molecule has 0 saturated carbocycles. The zero-order chi connectivity index (χ0) is 15.4. The van der Waals surface area contributed by atoms with Crippen molar-refractivity contribution in [3.8, 4) is 0 Å². The quantitative estimate of drug-likeness (QED) is 0.582. The minimum absolute atomic E-state index is 0.0105. The summed E-state index contributed by atoms with van der Waals surface area (Å²) in [6.45, 7) is 6.09. The van der Waals surface area contributed by atoms with Gasteiger partial charge in [0.05, 0.1) is 0 Å². The number of aromatic nitrogens is 2. The molecular weight excluding hydrogens is 269 g/mol. The van der Waals surface area contributed by atoms with Crippen LogP contribution in [0.25, 0.3) is 0 Å². The molecule has 1 unspecified atom stereocenters. The molecular formula is C15H20FN5. The molecule has 1 aromatic heterocycles. The van der Waals surface area contributed by atoms with Gasteiger partial charge in [0.1, 0.15) is 23.8 Å². The third-order valence-electron chi connectivity index (χ3n) is 3.32. The molecule has 0 bridgehead atoms. The second-order valence-corrected chi connectivity index (χ2v) is 5.20. The molecule has 0 aliphatic carbocycles. The number of anilines is 2. The molecule has 0 spiro atoms. The van der Waals surface area contributed by atoms with Gasteiger partial charge in [-0.2, -0.15) is 0 Å². The smallest absolute Gasteiger partial charge is 0.148 e. The SMILES string of the molecule is CC(C)c1c(NN)ncnc1NC(C)c1ccc(F)cc1. The maximum atomic E-state index is 13.0. The molecule has 112 valence electrons. The van der Waals surface area contributed by atoms with E-state index in [-0.39, 0.29) is 17.8 Å². The predicted molar refractivity (Wildman–Crippen MR) is 82.4 cm³/mol. The third-order valence-corrected chi connectivity index (χ3v) is 3.32. The van der Waals surface area contributed by atoms with E-state index in [2.05, 4.69) is 20.7 Å². The van der Waals surface area contributed by atoms with E-state index in [0.717, 1.165) is 16.9 Å². The monoisotopic (exact) mass is 289 g/mol. The van der Waals surface area contributed by atoms with Crippen LogP contribution in [0.15, 0.2) is 30.6 Å². The number of hydrazine groups is 1. The largest absolute Gasteiger partial charge is 0.363 e. The maximum absolute atomic E-state index is 13.0. The number of rotatable bonds is 5. The lowest BCUT2D eigenvalue weighted by Gasteiger charge is -2.20. The van der Waals surface area contributed by atoms with Crippen LogP contribution in [0.5, 0.6) is 0 Å². The van der Waals surface area contributed by atoms with Crippen LogP contribution >= 0.6 is 0 Å². The first-order chi connectivity index (χ1) is 10.0. The normalized spacial score (nSPS) is 12.3. The van der Waals surface area contributed by atoms with Crippen molar-refractivity contribution in [2.45, 2.75) is 32.7 Å². The zero-order valence-corrected chi connectivity index (χ0v) is 12.4. The molecule has 0 saturated heterocycles. The molecule has 1 aromatic carbocycles. The number of hydrogen-bond donors (Lipinski definition) is 3. The van der Waals surface area contributed by atoms with Crippen LogP contribution in [0, 0.1) is 5.82 Å². The van der Waals surface area contributed by atoms with Gasteiger partial charge in [-0.1, -0.05) is 26.0 Å². The van der Waals surface area contributed by atoms with Gasteiger partial charge in [0.25, 0.3) is 0 Å². The van der Waals surface area contributed by atoms with Crippen molar-refractivity contribution in [3.63, 3.8) is 0 Å². The highest BCUT2D eigenvalue weighted by Crippen LogP contribution is 2.30. The van der Waals surface area contributed by atoms with E-state index in [9.17, 15) is 4.39 Å². The van der Waals surface area contributed by atoms with Crippen molar-refractivity contribution in [1.82, 2.24) is 9.97 Å². The second-order valence-electron chi connectivity index (χ2n) is 5.20. The Hall–Kier alpha value is -2.21. The van der Waals surface area contributed by atoms with Crippen LogP contribution in [0.3, 0.4) is 0 Å². The highest BCUT2D eigenvalue weighted by molar-refractivity contribution is 5.59. The highest BCUT2D eigenvalue weighted by Gasteiger charge is 2.16. The molecule has 4 N–H and O–H groups in total. The predicted octanol–water partition coefficient (Wildman–Crippen LogP) is 3.20. The number of nitrogens with one attached hydrogen (secondary N) is 2. The summed E-state index contributed by atoms with van der Waals surface area (Å²) >= 11 is 0. The van der Waals surface area contributed by atoms with E-state index in [1.807, 2.05) is 20.8 Å². The van der Waals surface area contributed by atoms with Crippen LogP contribution in [-0.2, 0) is 0 Å². The molecule has 5 nitrogen and oxygen atoms in total. The summed E-state index contributed by atoms with van der Waals surface area (Å²) in [6.07, 6.45) is 1.46. The molecule has 6 heteroatoms. The van der Waals surface area contributed by atoms with Gasteiger partial charge in [-0.3, -0.25) is 0 Å². The fourth-order valence-electron chi connectivity index (χ4n) is 2.21. The number of nitrogens with two attached hydrogens (primary N) is 1. The molecule has 0 amide bonds. The Balaban J connectivity index is 2.28. The van der Waals surface area contributed by atoms with Gasteiger partial charge in [0.15, 0.2) is 0 Å². The Kier molecular flexibility index (Phi) is 4.70. The number of halogens is 1. The van der Waals surface area contributed by atoms with Gasteiger partial charge in [0.2, 0.25) is 0 Å². The van der Waals surface area contributed by atoms with Gasteiger partial charge in [-0.25, -0.2) is 20.2 Å². The van der Waals surface area contributed by atoms with Gasteiger partial charge in [0, 0.05) is 11.6 Å². The number of nitrogens with zero attached hydrogens (tertiary/aromatic N) is 2. The lowest BCUT2D eigenvalue weighted by atomic mass is 10.0. The van der Waals surface area contributed by atoms with Crippen LogP contribution in [0.1, 0.15) is 43.9 Å². The van der Waals surface area contributed by atoms with E-state index in [4.69, 9.17) is 5.84 Å². The van der Waals surface area contributed by atoms with E-state index in [1.165, 1.54) is 18.5 Å². The third kappa shape index (κ3) is 3.46. The summed E-state index contributed by atoms with van der Waals surface area (Å²) in [5, 5.41) is 3.33. The van der Waals surface area contributed by atoms with E-state index in [1.54, 1.807) is 12.1 Å². The molecule has 1 atom stereocenters. The summed E-state index contributed by atoms with van der Waals surface area (Å²) in [4.78, 5) is 8.43. The van der Waals surface area contributed by atoms with E-state index < -0.39 is 0 Å². The zero-order valence-electron chi connectivity index (χ0n) is 12.4. The molecule has 21 heavy (non-hydrogen) atoms. The number of benzene rings is 1. The molecule has 0 radical (unpaired) electrons. The molecule has 1 heterocycles. The van der Waals surface area contributed by atoms with Crippen LogP contribution in [0.4, 0.5) is 16.0 Å². The van der Waals surface area contributed by atoms with Gasteiger partial charge >= 0.3 is 0 Å². The summed E-state index contributed by atoms with van der Waals surface area (Å²) < 4.78 is 13.0. The van der Waals surface area contributed by atoms with Crippen molar-refractivity contribution in [2.24, 2.45) is 5.84 Å². The van der Waals surface area contributed by atoms with Crippen LogP contribution in [0.2, 0.25) is 0 Å². The first-order valence-electron chi connectivity index (χ1n) is 6.86. The topological polar surface area (TPSA) is 75.9 Å². The fraction of sp³-hybridized carbons (Fsp3) is 0.333. The van der Waals surface area contributed by atoms with E-state index >= 15 is 0 Å². The van der Waals surface area contributed by atoms with E-state index in [0.29, 0.717) is 5.82 Å². The van der Waals surface area contributed by atoms with Crippen molar-refractivity contribution >= 4 is 11.6 Å². The highest BCUT2D eigenvalue weighted by atomic mass is 19.1. The standard InChI is InChI=1S/C15H20FN5/c1-9(2)13-14(18-8-19-15(13)21-17)20-10(3)11-4-6-12(16)7-5-11/h4-10H,17H2,1-3H3,(H2,18,19,20,21). The molecule has 2 rings (SSSR count). The van der Waals surface area contributed by atoms with Crippen molar-refractivity contribution in [3.05, 3.63) is 47.5 Å². The molecule has 0 aliphatic rings. The summed E-state index contributed by atoms with van der Waals surface area (Å²) in [5.41, 5.74) is 4.50. The molecule has 0 aliphatic heterocycles. The minimum atomic E-state index is -0.245. The fourth-order valence-corrected chi connectivity index (χ4v) is 2.21. The van der Waals surface area contributed by atoms with Crippen molar-refractivity contribution in [1.29, 1.82) is 0 Å². The van der Waals surface area contributed by atoms with Gasteiger partial charge in [-0.15, -0.1) is 0 Å². The van der Waals surface area contributed by atoms with Crippen LogP contribution in [-0.4, -0.2) is 9.97 Å². The Labute approximate surface area is 123 Å². The summed E-state index contributed by atoms with van der Waals surface area (Å²) in [7, 11) is 0. The Morgan fingerprint density at radius 1 is 1.05 bits per heavy atom. The van der Waals surface area contributed by atoms with Gasteiger partial charge < -0.3 is 10.7 Å². The molecule has 0 fully saturated rings. The Bertz CT molecular complexity index is 598. The lowest BCUT2D eigenvalue weighted by molar-refractivity contribution is 0.626. The second kappa shape index (κ2) is 6.49. The van der Waals surface area contributed by atoms with Crippen molar-refractivity contribution in [2.75, 3.05) is 10.7 Å². The Morgan fingerprint density at radius 3 is 2.24 bits per heavy atom. The van der Waals surface area contributed by atoms with Crippen molar-refractivity contribution < 1.29 is 4.39 Å².